The summed E-state index contributed by atoms with van der Waals surface area (Å²) in [6, 6.07) is 13.0. The fourth-order valence-corrected chi connectivity index (χ4v) is 6.53. The lowest BCUT2D eigenvalue weighted by Crippen LogP contribution is -2.39. The van der Waals surface area contributed by atoms with Crippen molar-refractivity contribution in [1.82, 2.24) is 0 Å². The third kappa shape index (κ3) is 3.45. The van der Waals surface area contributed by atoms with Crippen LogP contribution in [0.15, 0.2) is 83.0 Å². The summed E-state index contributed by atoms with van der Waals surface area (Å²) in [6.45, 7) is 3.07. The van der Waals surface area contributed by atoms with Crippen LogP contribution in [0.1, 0.15) is 48.5 Å². The number of anilines is 1. The maximum Gasteiger partial charge on any atom is 0.238 e. The van der Waals surface area contributed by atoms with Crippen molar-refractivity contribution in [2.45, 2.75) is 32.6 Å². The minimum atomic E-state index is -0.669. The molecular formula is C31H25NO6. The van der Waals surface area contributed by atoms with Crippen LogP contribution in [0.25, 0.3) is 0 Å². The molecule has 4 atom stereocenters. The van der Waals surface area contributed by atoms with E-state index in [0.717, 1.165) is 11.1 Å². The Labute approximate surface area is 219 Å². The highest BCUT2D eigenvalue weighted by atomic mass is 16.3. The van der Waals surface area contributed by atoms with Gasteiger partial charge in [0.05, 0.1) is 17.5 Å². The number of carbonyl (C=O) groups is 5. The first-order valence-corrected chi connectivity index (χ1v) is 12.7. The summed E-state index contributed by atoms with van der Waals surface area (Å²) in [7, 11) is 0. The van der Waals surface area contributed by atoms with Crippen LogP contribution in [0.5, 0.6) is 5.75 Å². The Morgan fingerprint density at radius 2 is 1.61 bits per heavy atom. The number of allylic oxidation sites excluding steroid dienone is 6. The molecule has 4 unspecified atom stereocenters. The van der Waals surface area contributed by atoms with Crippen molar-refractivity contribution >= 4 is 34.9 Å². The molecule has 190 valence electrons. The average Bonchev–Trinajstić information content (AvgIpc) is 3.16. The number of phenolic OH excluding ortho intramolecular Hbond substituents is 1. The molecule has 4 aliphatic rings. The van der Waals surface area contributed by atoms with E-state index in [-0.39, 0.29) is 41.3 Å². The van der Waals surface area contributed by atoms with Gasteiger partial charge in [-0.25, -0.2) is 0 Å². The van der Waals surface area contributed by atoms with Gasteiger partial charge in [0, 0.05) is 28.2 Å². The van der Waals surface area contributed by atoms with Crippen LogP contribution in [-0.2, 0) is 19.2 Å². The van der Waals surface area contributed by atoms with E-state index in [1.165, 1.54) is 30.0 Å². The van der Waals surface area contributed by atoms with Crippen LogP contribution in [0, 0.1) is 17.8 Å². The van der Waals surface area contributed by atoms with Gasteiger partial charge in [0.2, 0.25) is 11.8 Å². The van der Waals surface area contributed by atoms with Gasteiger partial charge in [-0.05, 0) is 80.6 Å². The van der Waals surface area contributed by atoms with Crippen LogP contribution in [0.3, 0.4) is 0 Å². The number of rotatable bonds is 3. The standard InChI is InChI=1S/C31H25NO6/c1-15-13-25(35)28-24(29(15)36)14-23-21(26(28)18-5-9-20(34)10-6-18)11-12-22-27(23)31(38)32(30(22)37)19-7-3-17(4-8-19)16(2)33/h3-11,13,22-23,26-27,34H,12,14H2,1-2H3. The first kappa shape index (κ1) is 24.0. The normalized spacial score (nSPS) is 26.5. The molecule has 1 saturated heterocycles. The van der Waals surface area contributed by atoms with Gasteiger partial charge in [-0.2, -0.15) is 0 Å². The van der Waals surface area contributed by atoms with E-state index < -0.39 is 23.7 Å². The smallest absolute Gasteiger partial charge is 0.238 e. The molecule has 1 fully saturated rings. The molecule has 6 rings (SSSR count). The summed E-state index contributed by atoms with van der Waals surface area (Å²) in [6.07, 6.45) is 3.89. The van der Waals surface area contributed by atoms with Crippen LogP contribution < -0.4 is 4.90 Å². The van der Waals surface area contributed by atoms with E-state index in [1.807, 2.05) is 6.08 Å². The molecule has 1 N–H and O–H groups in total. The molecule has 3 aliphatic carbocycles. The molecular weight excluding hydrogens is 482 g/mol. The number of carbonyl (C=O) groups excluding carboxylic acids is 5. The molecule has 0 radical (unpaired) electrons. The molecule has 38 heavy (non-hydrogen) atoms. The van der Waals surface area contributed by atoms with E-state index in [0.29, 0.717) is 34.4 Å². The summed E-state index contributed by atoms with van der Waals surface area (Å²) in [5.74, 6) is -3.30. The number of amides is 2. The van der Waals surface area contributed by atoms with E-state index in [9.17, 15) is 29.1 Å². The zero-order chi connectivity index (χ0) is 26.9. The lowest BCUT2D eigenvalue weighted by Gasteiger charge is -2.42. The Morgan fingerprint density at radius 1 is 0.921 bits per heavy atom. The number of nitrogens with zero attached hydrogens (tertiary/aromatic N) is 1. The van der Waals surface area contributed by atoms with Crippen LogP contribution in [0.4, 0.5) is 5.69 Å². The molecule has 2 aromatic rings. The largest absolute Gasteiger partial charge is 0.508 e. The molecule has 1 heterocycles. The number of phenols is 1. The lowest BCUT2D eigenvalue weighted by atomic mass is 9.59. The van der Waals surface area contributed by atoms with Crippen LogP contribution in [-0.4, -0.2) is 34.3 Å². The molecule has 0 aromatic heterocycles. The van der Waals surface area contributed by atoms with Crippen LogP contribution in [0.2, 0.25) is 0 Å². The Hall–Kier alpha value is -4.39. The summed E-state index contributed by atoms with van der Waals surface area (Å²) in [5, 5.41) is 9.86. The lowest BCUT2D eigenvalue weighted by molar-refractivity contribution is -0.123. The van der Waals surface area contributed by atoms with Crippen molar-refractivity contribution in [3.63, 3.8) is 0 Å². The molecule has 1 aliphatic heterocycles. The Morgan fingerprint density at radius 3 is 2.26 bits per heavy atom. The Balaban J connectivity index is 1.45. The van der Waals surface area contributed by atoms with E-state index >= 15 is 0 Å². The monoisotopic (exact) mass is 507 g/mol. The van der Waals surface area contributed by atoms with Gasteiger partial charge >= 0.3 is 0 Å². The van der Waals surface area contributed by atoms with Gasteiger partial charge in [0.1, 0.15) is 5.75 Å². The number of Topliss-reactive ketones (excluding diaryl/α,β-unsaturated/α-hetero) is 2. The van der Waals surface area contributed by atoms with Crippen LogP contribution >= 0.6 is 0 Å². The topological polar surface area (TPSA) is 109 Å². The van der Waals surface area contributed by atoms with Crippen molar-refractivity contribution in [2.24, 2.45) is 17.8 Å². The predicted molar refractivity (Wildman–Crippen MR) is 138 cm³/mol. The zero-order valence-corrected chi connectivity index (χ0v) is 20.9. The minimum Gasteiger partial charge on any atom is -0.508 e. The number of benzene rings is 2. The third-order valence-corrected chi connectivity index (χ3v) is 8.32. The highest BCUT2D eigenvalue weighted by Crippen LogP contribution is 2.55. The second-order valence-corrected chi connectivity index (χ2v) is 10.4. The second-order valence-electron chi connectivity index (χ2n) is 10.4. The van der Waals surface area contributed by atoms with Crippen molar-refractivity contribution in [3.8, 4) is 5.75 Å². The molecule has 2 amide bonds. The van der Waals surface area contributed by atoms with Gasteiger partial charge < -0.3 is 5.11 Å². The molecule has 2 aromatic carbocycles. The van der Waals surface area contributed by atoms with E-state index in [2.05, 4.69) is 0 Å². The quantitative estimate of drug-likeness (QED) is 0.288. The first-order chi connectivity index (χ1) is 18.2. The van der Waals surface area contributed by atoms with Gasteiger partial charge in [-0.15, -0.1) is 0 Å². The van der Waals surface area contributed by atoms with Crippen molar-refractivity contribution in [1.29, 1.82) is 0 Å². The van der Waals surface area contributed by atoms with E-state index in [4.69, 9.17) is 0 Å². The number of hydrogen-bond donors (Lipinski definition) is 1. The Bertz CT molecular complexity index is 1540. The molecule has 0 saturated carbocycles. The Kier molecular flexibility index (Phi) is 5.42. The average molecular weight is 508 g/mol. The SMILES string of the molecule is CC(=O)c1ccc(N2C(=O)C3CC=C4C(c5ccc(O)cc5)C5=C(CC4C3C2=O)C(=O)C(C)=CC5=O)cc1. The first-order valence-electron chi connectivity index (χ1n) is 12.7. The highest BCUT2D eigenvalue weighted by Gasteiger charge is 2.56. The predicted octanol–water partition coefficient (Wildman–Crippen LogP) is 4.23. The highest BCUT2D eigenvalue weighted by molar-refractivity contribution is 6.25. The fourth-order valence-electron chi connectivity index (χ4n) is 6.53. The maximum atomic E-state index is 13.9. The van der Waals surface area contributed by atoms with Crippen molar-refractivity contribution in [3.05, 3.63) is 94.1 Å². The number of fused-ring (bicyclic) bond motifs is 3. The number of hydrogen-bond acceptors (Lipinski definition) is 6. The number of ketones is 3. The summed E-state index contributed by atoms with van der Waals surface area (Å²) in [5.41, 5.74) is 3.68. The maximum absolute atomic E-state index is 13.9. The van der Waals surface area contributed by atoms with Crippen molar-refractivity contribution in [2.75, 3.05) is 4.90 Å². The van der Waals surface area contributed by atoms with E-state index in [1.54, 1.807) is 43.3 Å². The van der Waals surface area contributed by atoms with Gasteiger partial charge in [-0.1, -0.05) is 23.8 Å². The zero-order valence-electron chi connectivity index (χ0n) is 20.9. The number of aromatic hydroxyl groups is 1. The molecule has 7 heteroatoms. The van der Waals surface area contributed by atoms with Crippen molar-refractivity contribution < 1.29 is 29.1 Å². The molecule has 0 spiro atoms. The molecule has 0 bridgehead atoms. The summed E-state index contributed by atoms with van der Waals surface area (Å²) in [4.78, 5) is 66.8. The van der Waals surface area contributed by atoms with Gasteiger partial charge in [0.15, 0.2) is 17.3 Å². The van der Waals surface area contributed by atoms with Gasteiger partial charge in [0.25, 0.3) is 0 Å². The third-order valence-electron chi connectivity index (χ3n) is 8.32. The number of imide groups is 1. The summed E-state index contributed by atoms with van der Waals surface area (Å²) >= 11 is 0. The van der Waals surface area contributed by atoms with Gasteiger partial charge in [-0.3, -0.25) is 28.9 Å². The fraction of sp³-hybridized carbons (Fsp3) is 0.258. The minimum absolute atomic E-state index is 0.0813. The second kappa shape index (κ2) is 8.58. The summed E-state index contributed by atoms with van der Waals surface area (Å²) < 4.78 is 0. The molecule has 7 nitrogen and oxygen atoms in total.